The number of carbonyl (C=O) groups is 2. The minimum atomic E-state index is -0.589. The molecule has 1 aliphatic carbocycles. The van der Waals surface area contributed by atoms with Crippen LogP contribution in [0.25, 0.3) is 11.1 Å². The number of fused-ring (bicyclic) bond motifs is 3. The summed E-state index contributed by atoms with van der Waals surface area (Å²) in [5, 5.41) is 0. The molecule has 0 radical (unpaired) electrons. The molecule has 0 aliphatic heterocycles. The molecule has 0 aromatic heterocycles. The van der Waals surface area contributed by atoms with E-state index >= 15 is 0 Å². The highest BCUT2D eigenvalue weighted by atomic mass is 16.6. The predicted octanol–water partition coefficient (Wildman–Crippen LogP) is 6.95. The maximum absolute atomic E-state index is 11.5. The topological polar surface area (TPSA) is 89.5 Å². The Bertz CT molecular complexity index is 1710. The molecule has 0 saturated heterocycles. The molecule has 0 spiro atoms. The van der Waals surface area contributed by atoms with Crippen LogP contribution in [0.3, 0.4) is 0 Å². The third-order valence-electron chi connectivity index (χ3n) is 8.41. The maximum atomic E-state index is 11.5. The van der Waals surface area contributed by atoms with E-state index in [1.807, 2.05) is 12.1 Å². The summed E-state index contributed by atoms with van der Waals surface area (Å²) in [4.78, 5) is 23.0. The van der Waals surface area contributed by atoms with Crippen molar-refractivity contribution in [3.8, 4) is 16.9 Å². The summed E-state index contributed by atoms with van der Waals surface area (Å²) in [6.45, 7) is 11.3. The van der Waals surface area contributed by atoms with Crippen LogP contribution in [0.5, 0.6) is 5.75 Å². The summed E-state index contributed by atoms with van der Waals surface area (Å²) in [5.74, 6) is -0.389. The monoisotopic (exact) mass is 660 g/mol. The number of carbonyl (C=O) groups excluding carboxylic acids is 2. The first kappa shape index (κ1) is 34.9. The Hall–Kier alpha value is -5.44. The van der Waals surface area contributed by atoms with Gasteiger partial charge in [0.1, 0.15) is 31.7 Å². The Kier molecular flexibility index (Phi) is 11.8. The molecule has 0 fully saturated rings. The van der Waals surface area contributed by atoms with Crippen LogP contribution in [0.1, 0.15) is 27.8 Å². The highest BCUT2D eigenvalue weighted by Gasteiger charge is 2.45. The van der Waals surface area contributed by atoms with E-state index in [-0.39, 0.29) is 32.5 Å². The second-order valence-corrected chi connectivity index (χ2v) is 11.3. The van der Waals surface area contributed by atoms with Gasteiger partial charge in [0.25, 0.3) is 0 Å². The van der Waals surface area contributed by atoms with Gasteiger partial charge < -0.3 is 28.4 Å². The number of methoxy groups -OCH3 is 1. The van der Waals surface area contributed by atoms with Crippen LogP contribution in [0.4, 0.5) is 0 Å². The van der Waals surface area contributed by atoms with Crippen molar-refractivity contribution < 1.29 is 38.0 Å². The molecule has 2 unspecified atom stereocenters. The van der Waals surface area contributed by atoms with Gasteiger partial charge in [-0.25, -0.2) is 9.59 Å². The molecule has 0 bridgehead atoms. The zero-order chi connectivity index (χ0) is 34.6. The van der Waals surface area contributed by atoms with Crippen LogP contribution in [0, 0.1) is 0 Å². The Morgan fingerprint density at radius 2 is 1.20 bits per heavy atom. The third kappa shape index (κ3) is 7.83. The average molecular weight is 661 g/mol. The van der Waals surface area contributed by atoms with Crippen LogP contribution in [-0.2, 0) is 45.3 Å². The van der Waals surface area contributed by atoms with Crippen molar-refractivity contribution in [2.75, 3.05) is 33.5 Å². The van der Waals surface area contributed by atoms with E-state index in [9.17, 15) is 9.59 Å². The summed E-state index contributed by atoms with van der Waals surface area (Å²) >= 11 is 0. The predicted molar refractivity (Wildman–Crippen MR) is 187 cm³/mol. The Labute approximate surface area is 287 Å². The standard InChI is InChI=1S/C41H40O8/c1-5-39(42)48-26-33(44-4)25-45-24-29-16-18-30(19-17-29)41(37-14-10-8-12-35(37)36-13-9-11-15-38(36)41)31-20-22-32(23-21-31)47-27-34(46-7-3)28-49-40(43)6-2/h5-23,33-34H,1-3,24-28H2,4H3. The number of hydrogen-bond donors (Lipinski definition) is 0. The lowest BCUT2D eigenvalue weighted by atomic mass is 9.67. The van der Waals surface area contributed by atoms with Gasteiger partial charge in [-0.05, 0) is 51.1 Å². The van der Waals surface area contributed by atoms with Crippen molar-refractivity contribution in [3.63, 3.8) is 0 Å². The molecule has 2 atom stereocenters. The second kappa shape index (κ2) is 16.6. The highest BCUT2D eigenvalue weighted by Crippen LogP contribution is 2.56. The van der Waals surface area contributed by atoms with Crippen molar-refractivity contribution >= 4 is 11.9 Å². The number of rotatable bonds is 18. The van der Waals surface area contributed by atoms with Gasteiger partial charge in [0.2, 0.25) is 0 Å². The van der Waals surface area contributed by atoms with Gasteiger partial charge in [-0.1, -0.05) is 105 Å². The number of benzene rings is 4. The van der Waals surface area contributed by atoms with E-state index in [1.54, 1.807) is 7.11 Å². The van der Waals surface area contributed by atoms with E-state index < -0.39 is 23.5 Å². The van der Waals surface area contributed by atoms with Gasteiger partial charge in [0.15, 0.2) is 6.10 Å². The van der Waals surface area contributed by atoms with E-state index in [2.05, 4.69) is 105 Å². The van der Waals surface area contributed by atoms with E-state index in [0.717, 1.165) is 28.8 Å². The van der Waals surface area contributed by atoms with Gasteiger partial charge in [-0.2, -0.15) is 0 Å². The quantitative estimate of drug-likeness (QED) is 0.0567. The summed E-state index contributed by atoms with van der Waals surface area (Å²) in [6.07, 6.45) is 2.61. The lowest BCUT2D eigenvalue weighted by Crippen LogP contribution is -2.29. The molecule has 5 rings (SSSR count). The van der Waals surface area contributed by atoms with Crippen molar-refractivity contribution in [1.29, 1.82) is 0 Å². The Balaban J connectivity index is 1.41. The van der Waals surface area contributed by atoms with Crippen LogP contribution in [-0.4, -0.2) is 57.7 Å². The molecule has 4 aromatic carbocycles. The number of ether oxygens (including phenoxy) is 6. The van der Waals surface area contributed by atoms with E-state index in [1.165, 1.54) is 28.5 Å². The summed E-state index contributed by atoms with van der Waals surface area (Å²) in [6, 6.07) is 33.6. The molecule has 0 N–H and O–H groups in total. The van der Waals surface area contributed by atoms with Crippen molar-refractivity contribution in [2.45, 2.75) is 24.2 Å². The fourth-order valence-electron chi connectivity index (χ4n) is 6.09. The minimum Gasteiger partial charge on any atom is -0.491 e. The van der Waals surface area contributed by atoms with Gasteiger partial charge in [0, 0.05) is 19.3 Å². The lowest BCUT2D eigenvalue weighted by molar-refractivity contribution is -0.143. The minimum absolute atomic E-state index is 0.00475. The van der Waals surface area contributed by atoms with Crippen molar-refractivity contribution in [3.05, 3.63) is 163 Å². The molecular formula is C41H40O8. The molecule has 8 heteroatoms. The fourth-order valence-corrected chi connectivity index (χ4v) is 6.09. The van der Waals surface area contributed by atoms with Crippen LogP contribution >= 0.6 is 0 Å². The number of hydrogen-bond acceptors (Lipinski definition) is 8. The maximum Gasteiger partial charge on any atom is 0.330 e. The van der Waals surface area contributed by atoms with Crippen LogP contribution in [0.15, 0.2) is 135 Å². The highest BCUT2D eigenvalue weighted by molar-refractivity contribution is 5.86. The summed E-state index contributed by atoms with van der Waals surface area (Å²) < 4.78 is 33.1. The summed E-state index contributed by atoms with van der Waals surface area (Å²) in [5.41, 5.74) is 7.35. The third-order valence-corrected chi connectivity index (χ3v) is 8.41. The molecule has 8 nitrogen and oxygen atoms in total. The van der Waals surface area contributed by atoms with E-state index in [4.69, 9.17) is 28.4 Å². The van der Waals surface area contributed by atoms with Gasteiger partial charge in [0.05, 0.1) is 24.9 Å². The molecule has 49 heavy (non-hydrogen) atoms. The molecule has 0 amide bonds. The van der Waals surface area contributed by atoms with Crippen molar-refractivity contribution in [2.24, 2.45) is 0 Å². The number of esters is 2. The fraction of sp³-hybridized carbons (Fsp3) is 0.220. The van der Waals surface area contributed by atoms with Crippen LogP contribution in [0.2, 0.25) is 0 Å². The molecule has 1 aliphatic rings. The zero-order valence-electron chi connectivity index (χ0n) is 27.5. The lowest BCUT2D eigenvalue weighted by Gasteiger charge is -2.34. The van der Waals surface area contributed by atoms with Gasteiger partial charge in [-0.3, -0.25) is 0 Å². The van der Waals surface area contributed by atoms with Crippen molar-refractivity contribution in [1.82, 2.24) is 0 Å². The smallest absolute Gasteiger partial charge is 0.330 e. The molecular weight excluding hydrogens is 620 g/mol. The zero-order valence-corrected chi connectivity index (χ0v) is 27.5. The first-order chi connectivity index (χ1) is 23.9. The SMILES string of the molecule is C=COC(COC(=O)C=C)COc1ccc(C2(c3ccc(COCC(COC(=O)C=C)OC)cc3)c3ccccc3-c3ccccc32)cc1. The van der Waals surface area contributed by atoms with Crippen LogP contribution < -0.4 is 4.74 Å². The Morgan fingerprint density at radius 1 is 0.673 bits per heavy atom. The van der Waals surface area contributed by atoms with E-state index in [0.29, 0.717) is 12.4 Å². The largest absolute Gasteiger partial charge is 0.491 e. The normalized spacial score (nSPS) is 13.6. The second-order valence-electron chi connectivity index (χ2n) is 11.3. The van der Waals surface area contributed by atoms with Gasteiger partial charge in [-0.15, -0.1) is 0 Å². The molecule has 0 heterocycles. The molecule has 0 saturated carbocycles. The molecule has 4 aromatic rings. The first-order valence-corrected chi connectivity index (χ1v) is 15.9. The Morgan fingerprint density at radius 3 is 1.73 bits per heavy atom. The summed E-state index contributed by atoms with van der Waals surface area (Å²) in [7, 11) is 1.55. The average Bonchev–Trinajstić information content (AvgIpc) is 3.45. The van der Waals surface area contributed by atoms with Gasteiger partial charge >= 0.3 is 11.9 Å². The molecule has 252 valence electrons. The first-order valence-electron chi connectivity index (χ1n) is 15.9.